The summed E-state index contributed by atoms with van der Waals surface area (Å²) in [7, 11) is 3.94. The van der Waals surface area contributed by atoms with Crippen LogP contribution in [0, 0.1) is 11.6 Å². The van der Waals surface area contributed by atoms with Gasteiger partial charge in [-0.15, -0.1) is 0 Å². The van der Waals surface area contributed by atoms with Crippen molar-refractivity contribution in [3.05, 3.63) is 70.8 Å². The first-order valence-electron chi connectivity index (χ1n) is 7.98. The molecule has 0 bridgehead atoms. The van der Waals surface area contributed by atoms with Crippen molar-refractivity contribution in [2.24, 2.45) is 0 Å². The van der Waals surface area contributed by atoms with Crippen molar-refractivity contribution in [3.63, 3.8) is 0 Å². The van der Waals surface area contributed by atoms with Gasteiger partial charge in [0.1, 0.15) is 0 Å². The molecule has 0 aliphatic rings. The molecule has 0 radical (unpaired) electrons. The van der Waals surface area contributed by atoms with E-state index in [2.05, 4.69) is 4.90 Å². The number of benzene rings is 2. The monoisotopic (exact) mass is 348 g/mol. The van der Waals surface area contributed by atoms with Crippen LogP contribution in [0.1, 0.15) is 21.5 Å². The van der Waals surface area contributed by atoms with E-state index in [1.807, 2.05) is 19.0 Å². The van der Waals surface area contributed by atoms with Crippen molar-refractivity contribution >= 4 is 5.97 Å². The Bertz CT molecular complexity index is 718. The largest absolute Gasteiger partial charge is 0.478 e. The van der Waals surface area contributed by atoms with Gasteiger partial charge in [-0.2, -0.15) is 0 Å². The molecule has 2 rings (SSSR count). The molecule has 0 aromatic heterocycles. The van der Waals surface area contributed by atoms with Crippen molar-refractivity contribution in [1.82, 2.24) is 9.80 Å². The van der Waals surface area contributed by atoms with Crippen LogP contribution in [-0.2, 0) is 13.1 Å². The molecule has 25 heavy (non-hydrogen) atoms. The molecule has 4 nitrogen and oxygen atoms in total. The van der Waals surface area contributed by atoms with E-state index in [4.69, 9.17) is 5.11 Å². The molecule has 6 heteroatoms. The molecular weight excluding hydrogens is 326 g/mol. The van der Waals surface area contributed by atoms with Gasteiger partial charge in [0, 0.05) is 26.2 Å². The van der Waals surface area contributed by atoms with E-state index in [9.17, 15) is 13.6 Å². The highest BCUT2D eigenvalue weighted by molar-refractivity contribution is 5.87. The van der Waals surface area contributed by atoms with Crippen molar-refractivity contribution in [2.45, 2.75) is 13.1 Å². The Morgan fingerprint density at radius 3 is 2.08 bits per heavy atom. The second-order valence-electron chi connectivity index (χ2n) is 6.26. The lowest BCUT2D eigenvalue weighted by Gasteiger charge is -2.24. The maximum atomic E-state index is 13.4. The number of carboxylic acid groups (broad SMARTS) is 1. The minimum absolute atomic E-state index is 0.240. The van der Waals surface area contributed by atoms with Gasteiger partial charge in [-0.1, -0.05) is 18.2 Å². The number of nitrogens with zero attached hydrogens (tertiary/aromatic N) is 2. The van der Waals surface area contributed by atoms with Crippen molar-refractivity contribution < 1.29 is 18.7 Å². The number of aromatic carboxylic acids is 1. The Labute approximate surface area is 146 Å². The van der Waals surface area contributed by atoms with Crippen molar-refractivity contribution in [2.75, 3.05) is 27.2 Å². The van der Waals surface area contributed by atoms with Crippen LogP contribution in [0.4, 0.5) is 8.78 Å². The number of carboxylic acids is 1. The van der Waals surface area contributed by atoms with E-state index < -0.39 is 17.6 Å². The number of hydrogen-bond donors (Lipinski definition) is 1. The van der Waals surface area contributed by atoms with Crippen molar-refractivity contribution in [1.29, 1.82) is 0 Å². The highest BCUT2D eigenvalue weighted by Crippen LogP contribution is 2.14. The van der Waals surface area contributed by atoms with E-state index in [0.29, 0.717) is 18.7 Å². The predicted molar refractivity (Wildman–Crippen MR) is 92.4 cm³/mol. The van der Waals surface area contributed by atoms with E-state index in [-0.39, 0.29) is 5.56 Å². The molecule has 0 fully saturated rings. The third kappa shape index (κ3) is 5.92. The van der Waals surface area contributed by atoms with Gasteiger partial charge in [0.2, 0.25) is 0 Å². The molecule has 0 spiro atoms. The lowest BCUT2D eigenvalue weighted by Crippen LogP contribution is -2.31. The lowest BCUT2D eigenvalue weighted by molar-refractivity contribution is 0.0697. The first-order valence-corrected chi connectivity index (χ1v) is 7.98. The van der Waals surface area contributed by atoms with Crippen LogP contribution in [0.5, 0.6) is 0 Å². The van der Waals surface area contributed by atoms with E-state index in [0.717, 1.165) is 24.7 Å². The first kappa shape index (κ1) is 19.0. The van der Waals surface area contributed by atoms with Gasteiger partial charge in [0.05, 0.1) is 5.56 Å². The maximum Gasteiger partial charge on any atom is 0.335 e. The van der Waals surface area contributed by atoms with Crippen LogP contribution in [-0.4, -0.2) is 48.1 Å². The molecule has 0 aliphatic carbocycles. The van der Waals surface area contributed by atoms with Gasteiger partial charge in [-0.25, -0.2) is 13.6 Å². The van der Waals surface area contributed by atoms with E-state index >= 15 is 0 Å². The van der Waals surface area contributed by atoms with Gasteiger partial charge in [0.15, 0.2) is 11.6 Å². The summed E-state index contributed by atoms with van der Waals surface area (Å²) >= 11 is 0. The molecule has 0 aliphatic heterocycles. The normalized spacial score (nSPS) is 11.3. The molecule has 0 saturated carbocycles. The molecule has 134 valence electrons. The third-order valence-corrected chi connectivity index (χ3v) is 3.86. The summed E-state index contributed by atoms with van der Waals surface area (Å²) in [5, 5.41) is 8.96. The molecule has 0 heterocycles. The van der Waals surface area contributed by atoms with Crippen LogP contribution in [0.2, 0.25) is 0 Å². The fourth-order valence-electron chi connectivity index (χ4n) is 2.46. The number of likely N-dealkylation sites (N-methyl/N-ethyl adjacent to an activating group) is 1. The molecule has 0 unspecified atom stereocenters. The quantitative estimate of drug-likeness (QED) is 0.795. The summed E-state index contributed by atoms with van der Waals surface area (Å²) < 4.78 is 26.5. The molecule has 1 N–H and O–H groups in total. The molecule has 0 saturated heterocycles. The summed E-state index contributed by atoms with van der Waals surface area (Å²) in [6.45, 7) is 2.63. The number of halogens is 2. The zero-order valence-electron chi connectivity index (χ0n) is 14.4. The Kier molecular flexibility index (Phi) is 6.61. The Morgan fingerprint density at radius 1 is 0.920 bits per heavy atom. The number of hydrogen-bond acceptors (Lipinski definition) is 3. The van der Waals surface area contributed by atoms with E-state index in [1.165, 1.54) is 6.07 Å². The zero-order valence-corrected chi connectivity index (χ0v) is 14.4. The molecule has 2 aromatic carbocycles. The van der Waals surface area contributed by atoms with Crippen LogP contribution >= 0.6 is 0 Å². The molecule has 0 amide bonds. The summed E-state index contributed by atoms with van der Waals surface area (Å²) in [5.41, 5.74) is 1.90. The maximum absolute atomic E-state index is 13.4. The smallest absolute Gasteiger partial charge is 0.335 e. The fraction of sp³-hybridized carbons (Fsp3) is 0.316. The van der Waals surface area contributed by atoms with Crippen LogP contribution in [0.15, 0.2) is 42.5 Å². The van der Waals surface area contributed by atoms with Crippen LogP contribution in [0.25, 0.3) is 0 Å². The lowest BCUT2D eigenvalue weighted by atomic mass is 10.1. The van der Waals surface area contributed by atoms with Gasteiger partial charge in [0.25, 0.3) is 0 Å². The Morgan fingerprint density at radius 2 is 1.52 bits per heavy atom. The van der Waals surface area contributed by atoms with Gasteiger partial charge in [-0.3, -0.25) is 4.90 Å². The number of carbonyl (C=O) groups is 1. The zero-order chi connectivity index (χ0) is 18.4. The fourth-order valence-corrected chi connectivity index (χ4v) is 2.46. The first-order chi connectivity index (χ1) is 11.8. The number of rotatable bonds is 8. The highest BCUT2D eigenvalue weighted by atomic mass is 19.2. The summed E-state index contributed by atoms with van der Waals surface area (Å²) in [5.74, 6) is -2.67. The summed E-state index contributed by atoms with van der Waals surface area (Å²) in [4.78, 5) is 15.1. The van der Waals surface area contributed by atoms with Gasteiger partial charge in [-0.05, 0) is 49.5 Å². The molecular formula is C19H22F2N2O2. The SMILES string of the molecule is CN(C)CCN(Cc1ccc(C(=O)O)cc1)Cc1ccc(F)c(F)c1. The second kappa shape index (κ2) is 8.69. The van der Waals surface area contributed by atoms with Crippen LogP contribution < -0.4 is 0 Å². The minimum atomic E-state index is -0.960. The van der Waals surface area contributed by atoms with E-state index in [1.54, 1.807) is 30.3 Å². The average molecular weight is 348 g/mol. The van der Waals surface area contributed by atoms with Gasteiger partial charge >= 0.3 is 5.97 Å². The van der Waals surface area contributed by atoms with Crippen LogP contribution in [0.3, 0.4) is 0 Å². The summed E-state index contributed by atoms with van der Waals surface area (Å²) in [6.07, 6.45) is 0. The molecule has 0 atom stereocenters. The minimum Gasteiger partial charge on any atom is -0.478 e. The van der Waals surface area contributed by atoms with Crippen molar-refractivity contribution in [3.8, 4) is 0 Å². The topological polar surface area (TPSA) is 43.8 Å². The average Bonchev–Trinajstić information content (AvgIpc) is 2.56. The second-order valence-corrected chi connectivity index (χ2v) is 6.26. The van der Waals surface area contributed by atoms with Gasteiger partial charge < -0.3 is 10.0 Å². The third-order valence-electron chi connectivity index (χ3n) is 3.86. The summed E-state index contributed by atoms with van der Waals surface area (Å²) in [6, 6.07) is 10.6. The predicted octanol–water partition coefficient (Wildman–Crippen LogP) is 3.23. The Balaban J connectivity index is 2.11. The Hall–Kier alpha value is -2.31. The highest BCUT2D eigenvalue weighted by Gasteiger charge is 2.11. The standard InChI is InChI=1S/C19H22F2N2O2/c1-22(2)9-10-23(13-15-5-8-17(20)18(21)11-15)12-14-3-6-16(7-4-14)19(24)25/h3-8,11H,9-10,12-13H2,1-2H3,(H,24,25). The molecule has 2 aromatic rings.